The minimum Gasteiger partial charge on any atom is -0.481 e. The summed E-state index contributed by atoms with van der Waals surface area (Å²) in [7, 11) is 1.77. The topological polar surface area (TPSA) is 84.2 Å². The molecule has 0 fully saturated rings. The number of nitrogens with zero attached hydrogens (tertiary/aromatic N) is 2. The van der Waals surface area contributed by atoms with Crippen LogP contribution >= 0.6 is 0 Å². The average Bonchev–Trinajstić information content (AvgIpc) is 2.71. The quantitative estimate of drug-likeness (QED) is 0.753. The van der Waals surface area contributed by atoms with Crippen LogP contribution in [-0.4, -0.2) is 32.8 Å². The lowest BCUT2D eigenvalue weighted by molar-refractivity contribution is -0.142. The molecule has 6 nitrogen and oxygen atoms in total. The lowest BCUT2D eigenvalue weighted by Gasteiger charge is -2.16. The fourth-order valence-corrected chi connectivity index (χ4v) is 1.32. The van der Waals surface area contributed by atoms with Crippen molar-refractivity contribution >= 4 is 18.0 Å². The molecular weight excluding hydrogens is 234 g/mol. The van der Waals surface area contributed by atoms with E-state index < -0.39 is 17.9 Å². The van der Waals surface area contributed by atoms with E-state index in [2.05, 4.69) is 10.4 Å². The Labute approximate surface area is 105 Å². The highest BCUT2D eigenvalue weighted by molar-refractivity contribution is 5.92. The Balaban J connectivity index is 2.54. The van der Waals surface area contributed by atoms with Gasteiger partial charge in [-0.15, -0.1) is 0 Å². The van der Waals surface area contributed by atoms with E-state index in [4.69, 9.17) is 5.11 Å². The van der Waals surface area contributed by atoms with Crippen molar-refractivity contribution in [1.29, 1.82) is 0 Å². The van der Waals surface area contributed by atoms with E-state index in [1.807, 2.05) is 0 Å². The van der Waals surface area contributed by atoms with Crippen LogP contribution in [0.1, 0.15) is 19.5 Å². The molecule has 2 N–H and O–H groups in total. The van der Waals surface area contributed by atoms with E-state index in [0.29, 0.717) is 0 Å². The van der Waals surface area contributed by atoms with Gasteiger partial charge in [0.2, 0.25) is 5.91 Å². The van der Waals surface area contributed by atoms with E-state index in [9.17, 15) is 9.59 Å². The van der Waals surface area contributed by atoms with Crippen LogP contribution in [0.3, 0.4) is 0 Å². The summed E-state index contributed by atoms with van der Waals surface area (Å²) in [5.74, 6) is -1.88. The van der Waals surface area contributed by atoms with E-state index >= 15 is 0 Å². The maximum Gasteiger partial charge on any atom is 0.308 e. The summed E-state index contributed by atoms with van der Waals surface area (Å²) in [4.78, 5) is 22.3. The predicted molar refractivity (Wildman–Crippen MR) is 66.6 cm³/mol. The second-order valence-electron chi connectivity index (χ2n) is 4.14. The summed E-state index contributed by atoms with van der Waals surface area (Å²) in [6.45, 7) is 3.21. The van der Waals surface area contributed by atoms with Crippen LogP contribution in [-0.2, 0) is 16.6 Å². The van der Waals surface area contributed by atoms with Crippen molar-refractivity contribution in [3.63, 3.8) is 0 Å². The number of nitrogens with one attached hydrogen (secondary N) is 1. The molecular formula is C12H17N3O3. The summed E-state index contributed by atoms with van der Waals surface area (Å²) in [6.07, 6.45) is 4.62. The number of carboxylic acid groups (broad SMARTS) is 1. The van der Waals surface area contributed by atoms with E-state index in [1.54, 1.807) is 43.9 Å². The smallest absolute Gasteiger partial charge is 0.308 e. The summed E-state index contributed by atoms with van der Waals surface area (Å²) in [5, 5.41) is 15.4. The van der Waals surface area contributed by atoms with Gasteiger partial charge >= 0.3 is 5.97 Å². The second kappa shape index (κ2) is 6.00. The van der Waals surface area contributed by atoms with Crippen molar-refractivity contribution in [2.45, 2.75) is 19.9 Å². The highest BCUT2D eigenvalue weighted by Gasteiger charge is 2.19. The minimum atomic E-state index is -0.932. The highest BCUT2D eigenvalue weighted by Crippen LogP contribution is 2.03. The molecule has 18 heavy (non-hydrogen) atoms. The maximum absolute atomic E-state index is 11.6. The van der Waals surface area contributed by atoms with Crippen LogP contribution in [0.15, 0.2) is 18.3 Å². The van der Waals surface area contributed by atoms with Gasteiger partial charge in [-0.3, -0.25) is 14.3 Å². The molecule has 0 aliphatic heterocycles. The lowest BCUT2D eigenvalue weighted by atomic mass is 10.0. The van der Waals surface area contributed by atoms with Gasteiger partial charge in [-0.1, -0.05) is 0 Å². The SMILES string of the molecule is CC(NC(=O)/C=C/c1ccnn1C)C(C)C(=O)O. The normalized spacial score (nSPS) is 14.4. The first-order chi connectivity index (χ1) is 8.41. The first kappa shape index (κ1) is 14.0. The van der Waals surface area contributed by atoms with Crippen LogP contribution in [0.4, 0.5) is 0 Å². The van der Waals surface area contributed by atoms with Crippen molar-refractivity contribution in [3.8, 4) is 0 Å². The molecule has 1 heterocycles. The molecule has 6 heteroatoms. The molecule has 0 radical (unpaired) electrons. The molecule has 0 aliphatic carbocycles. The van der Waals surface area contributed by atoms with Crippen molar-refractivity contribution in [3.05, 3.63) is 24.0 Å². The number of carbonyl (C=O) groups excluding carboxylic acids is 1. The van der Waals surface area contributed by atoms with Gasteiger partial charge in [-0.2, -0.15) is 5.10 Å². The molecule has 0 aliphatic rings. The van der Waals surface area contributed by atoms with Gasteiger partial charge < -0.3 is 10.4 Å². The number of rotatable bonds is 5. The lowest BCUT2D eigenvalue weighted by Crippen LogP contribution is -2.39. The van der Waals surface area contributed by atoms with E-state index in [-0.39, 0.29) is 5.91 Å². The average molecular weight is 251 g/mol. The number of aryl methyl sites for hydroxylation is 1. The highest BCUT2D eigenvalue weighted by atomic mass is 16.4. The van der Waals surface area contributed by atoms with Gasteiger partial charge in [0.15, 0.2) is 0 Å². The minimum absolute atomic E-state index is 0.322. The molecule has 98 valence electrons. The summed E-state index contributed by atoms with van der Waals surface area (Å²) in [6, 6.07) is 1.35. The predicted octanol–water partition coefficient (Wildman–Crippen LogP) is 0.659. The largest absolute Gasteiger partial charge is 0.481 e. The standard InChI is InChI=1S/C12H17N3O3/c1-8(12(17)18)9(2)14-11(16)5-4-10-6-7-13-15(10)3/h4-9H,1-3H3,(H,14,16)(H,17,18)/b5-4+. The third-order valence-corrected chi connectivity index (χ3v) is 2.77. The molecule has 1 aromatic rings. The zero-order valence-electron chi connectivity index (χ0n) is 10.6. The molecule has 1 rings (SSSR count). The maximum atomic E-state index is 11.6. The number of carboxylic acids is 1. The molecule has 0 aromatic carbocycles. The first-order valence-corrected chi connectivity index (χ1v) is 5.61. The zero-order valence-corrected chi connectivity index (χ0v) is 10.6. The van der Waals surface area contributed by atoms with Gasteiger partial charge in [0, 0.05) is 25.4 Å². The third-order valence-electron chi connectivity index (χ3n) is 2.77. The number of amides is 1. The second-order valence-corrected chi connectivity index (χ2v) is 4.14. The Morgan fingerprint density at radius 3 is 2.67 bits per heavy atom. The van der Waals surface area contributed by atoms with Crippen molar-refractivity contribution in [2.75, 3.05) is 0 Å². The van der Waals surface area contributed by atoms with E-state index in [1.165, 1.54) is 6.08 Å². The number of aliphatic carboxylic acids is 1. The molecule has 2 atom stereocenters. The molecule has 1 aromatic heterocycles. The third kappa shape index (κ3) is 3.73. The van der Waals surface area contributed by atoms with Gasteiger partial charge in [0.05, 0.1) is 11.6 Å². The molecule has 1 amide bonds. The molecule has 0 saturated carbocycles. The zero-order chi connectivity index (χ0) is 13.7. The number of aromatic nitrogens is 2. The van der Waals surface area contributed by atoms with Gasteiger partial charge in [-0.25, -0.2) is 0 Å². The van der Waals surface area contributed by atoms with Gasteiger partial charge in [0.1, 0.15) is 0 Å². The Kier molecular flexibility index (Phi) is 4.65. The number of carbonyl (C=O) groups is 2. The van der Waals surface area contributed by atoms with Crippen molar-refractivity contribution in [1.82, 2.24) is 15.1 Å². The first-order valence-electron chi connectivity index (χ1n) is 5.61. The van der Waals surface area contributed by atoms with Gasteiger partial charge in [-0.05, 0) is 26.0 Å². The molecule has 0 saturated heterocycles. The molecule has 0 spiro atoms. The van der Waals surface area contributed by atoms with Crippen LogP contribution in [0, 0.1) is 5.92 Å². The summed E-state index contributed by atoms with van der Waals surface area (Å²) < 4.78 is 1.63. The van der Waals surface area contributed by atoms with Crippen molar-refractivity contribution in [2.24, 2.45) is 13.0 Å². The van der Waals surface area contributed by atoms with Crippen LogP contribution in [0.5, 0.6) is 0 Å². The Hall–Kier alpha value is -2.11. The van der Waals surface area contributed by atoms with Crippen LogP contribution in [0.25, 0.3) is 6.08 Å². The Morgan fingerprint density at radius 1 is 1.50 bits per heavy atom. The summed E-state index contributed by atoms with van der Waals surface area (Å²) in [5.41, 5.74) is 0.795. The summed E-state index contributed by atoms with van der Waals surface area (Å²) >= 11 is 0. The van der Waals surface area contributed by atoms with Crippen LogP contribution < -0.4 is 5.32 Å². The Morgan fingerprint density at radius 2 is 2.17 bits per heavy atom. The molecule has 2 unspecified atom stereocenters. The fourth-order valence-electron chi connectivity index (χ4n) is 1.32. The molecule has 0 bridgehead atoms. The fraction of sp³-hybridized carbons (Fsp3) is 0.417. The monoisotopic (exact) mass is 251 g/mol. The Bertz CT molecular complexity index is 465. The number of hydrogen-bond donors (Lipinski definition) is 2. The van der Waals surface area contributed by atoms with Crippen molar-refractivity contribution < 1.29 is 14.7 Å². The number of hydrogen-bond acceptors (Lipinski definition) is 3. The van der Waals surface area contributed by atoms with E-state index in [0.717, 1.165) is 5.69 Å². The van der Waals surface area contributed by atoms with Gasteiger partial charge in [0.25, 0.3) is 0 Å². The van der Waals surface area contributed by atoms with Crippen LogP contribution in [0.2, 0.25) is 0 Å².